The van der Waals surface area contributed by atoms with E-state index in [4.69, 9.17) is 10.5 Å². The maximum Gasteiger partial charge on any atom is 0.265 e. The summed E-state index contributed by atoms with van der Waals surface area (Å²) in [6.45, 7) is 8.04. The van der Waals surface area contributed by atoms with Gasteiger partial charge in [-0.25, -0.2) is 0 Å². The van der Waals surface area contributed by atoms with Crippen LogP contribution in [0.3, 0.4) is 0 Å². The highest BCUT2D eigenvalue weighted by Crippen LogP contribution is 2.37. The van der Waals surface area contributed by atoms with E-state index in [2.05, 4.69) is 11.6 Å². The first-order valence-corrected chi connectivity index (χ1v) is 7.42. The Balaban J connectivity index is 1.97. The number of amides is 1. The summed E-state index contributed by atoms with van der Waals surface area (Å²) in [7, 11) is 0. The standard InChI is InChI=1S/C18H19N3O2/c1-11(2)23-15-8-6-14(7-9-15)21-12(3)4-5-13-10-16(17(19)22)20-18(13)21/h4-11,20H,3H2,1-2H3,(H2,19,22). The van der Waals surface area contributed by atoms with Crippen molar-refractivity contribution < 1.29 is 9.53 Å². The smallest absolute Gasteiger partial charge is 0.265 e. The fraction of sp³-hybridized carbons (Fsp3) is 0.167. The van der Waals surface area contributed by atoms with Crippen LogP contribution in [0.4, 0.5) is 11.5 Å². The number of hydrogen-bond acceptors (Lipinski definition) is 3. The molecular weight excluding hydrogens is 290 g/mol. The van der Waals surface area contributed by atoms with E-state index in [0.717, 1.165) is 28.5 Å². The lowest BCUT2D eigenvalue weighted by Gasteiger charge is -2.27. The zero-order chi connectivity index (χ0) is 16.6. The summed E-state index contributed by atoms with van der Waals surface area (Å²) < 4.78 is 5.66. The minimum Gasteiger partial charge on any atom is -0.491 e. The number of aromatic amines is 1. The molecule has 3 rings (SSSR count). The van der Waals surface area contributed by atoms with E-state index in [0.29, 0.717) is 5.69 Å². The third-order valence-electron chi connectivity index (χ3n) is 3.52. The summed E-state index contributed by atoms with van der Waals surface area (Å²) in [6.07, 6.45) is 3.94. The van der Waals surface area contributed by atoms with Crippen LogP contribution in [0.2, 0.25) is 0 Å². The van der Waals surface area contributed by atoms with Crippen molar-refractivity contribution in [2.45, 2.75) is 20.0 Å². The Morgan fingerprint density at radius 2 is 1.96 bits per heavy atom. The number of rotatable bonds is 4. The van der Waals surface area contributed by atoms with Crippen molar-refractivity contribution >= 4 is 23.5 Å². The summed E-state index contributed by atoms with van der Waals surface area (Å²) in [4.78, 5) is 16.4. The van der Waals surface area contributed by atoms with Crippen LogP contribution < -0.4 is 15.4 Å². The van der Waals surface area contributed by atoms with Crippen molar-refractivity contribution in [2.24, 2.45) is 5.73 Å². The Morgan fingerprint density at radius 1 is 1.26 bits per heavy atom. The Morgan fingerprint density at radius 3 is 2.57 bits per heavy atom. The first-order valence-electron chi connectivity index (χ1n) is 7.42. The molecule has 2 aromatic rings. The molecule has 0 radical (unpaired) electrons. The number of carbonyl (C=O) groups excluding carboxylic acids is 1. The molecule has 1 aromatic heterocycles. The molecule has 0 fully saturated rings. The molecule has 0 aliphatic carbocycles. The molecule has 1 aliphatic rings. The van der Waals surface area contributed by atoms with Gasteiger partial charge in [-0.1, -0.05) is 6.58 Å². The number of nitrogens with one attached hydrogen (secondary N) is 1. The number of aromatic nitrogens is 1. The zero-order valence-corrected chi connectivity index (χ0v) is 13.2. The van der Waals surface area contributed by atoms with Crippen molar-refractivity contribution in [1.29, 1.82) is 0 Å². The second-order valence-electron chi connectivity index (χ2n) is 5.67. The molecule has 5 nitrogen and oxygen atoms in total. The summed E-state index contributed by atoms with van der Waals surface area (Å²) in [5.74, 6) is 1.11. The Bertz CT molecular complexity index is 785. The largest absolute Gasteiger partial charge is 0.491 e. The highest BCUT2D eigenvalue weighted by atomic mass is 16.5. The molecule has 23 heavy (non-hydrogen) atoms. The number of carbonyl (C=O) groups is 1. The highest BCUT2D eigenvalue weighted by molar-refractivity contribution is 5.94. The van der Waals surface area contributed by atoms with Crippen molar-refractivity contribution in [2.75, 3.05) is 4.90 Å². The number of benzene rings is 1. The monoisotopic (exact) mass is 309 g/mol. The van der Waals surface area contributed by atoms with Crippen LogP contribution in [0.5, 0.6) is 5.75 Å². The average Bonchev–Trinajstić information content (AvgIpc) is 2.92. The number of nitrogens with zero attached hydrogens (tertiary/aromatic N) is 1. The molecule has 0 saturated carbocycles. The third kappa shape index (κ3) is 2.85. The Kier molecular flexibility index (Phi) is 3.70. The summed E-state index contributed by atoms with van der Waals surface area (Å²) in [5.41, 5.74) is 8.35. The number of nitrogens with two attached hydrogens (primary N) is 1. The van der Waals surface area contributed by atoms with E-state index in [1.807, 2.05) is 55.2 Å². The number of hydrogen-bond donors (Lipinski definition) is 2. The van der Waals surface area contributed by atoms with E-state index in [9.17, 15) is 4.79 Å². The zero-order valence-electron chi connectivity index (χ0n) is 13.2. The molecule has 5 heteroatoms. The van der Waals surface area contributed by atoms with Crippen LogP contribution in [0.1, 0.15) is 29.9 Å². The number of ether oxygens (including phenoxy) is 1. The molecule has 118 valence electrons. The molecule has 1 aliphatic heterocycles. The SMILES string of the molecule is C=C1C=Cc2cc(C(N)=O)[nH]c2N1c1ccc(OC(C)C)cc1. The lowest BCUT2D eigenvalue weighted by molar-refractivity contribution is 0.0996. The molecule has 1 amide bonds. The van der Waals surface area contributed by atoms with Crippen molar-refractivity contribution in [3.05, 3.63) is 59.9 Å². The maximum absolute atomic E-state index is 11.4. The van der Waals surface area contributed by atoms with Gasteiger partial charge in [-0.05, 0) is 56.3 Å². The summed E-state index contributed by atoms with van der Waals surface area (Å²) in [5, 5.41) is 0. The number of allylic oxidation sites excluding steroid dienone is 1. The molecule has 1 aromatic carbocycles. The first-order chi connectivity index (χ1) is 11.0. The quantitative estimate of drug-likeness (QED) is 0.906. The number of primary amides is 1. The third-order valence-corrected chi connectivity index (χ3v) is 3.52. The fourth-order valence-corrected chi connectivity index (χ4v) is 2.55. The Hall–Kier alpha value is -2.95. The number of anilines is 2. The van der Waals surface area contributed by atoms with E-state index in [-0.39, 0.29) is 6.10 Å². The van der Waals surface area contributed by atoms with Gasteiger partial charge < -0.3 is 15.5 Å². The lowest BCUT2D eigenvalue weighted by Crippen LogP contribution is -2.18. The van der Waals surface area contributed by atoms with Gasteiger partial charge in [-0.2, -0.15) is 0 Å². The van der Waals surface area contributed by atoms with Crippen LogP contribution in [0.15, 0.2) is 48.7 Å². The lowest BCUT2D eigenvalue weighted by atomic mass is 10.1. The topological polar surface area (TPSA) is 71.4 Å². The molecule has 0 unspecified atom stereocenters. The minimum absolute atomic E-state index is 0.127. The van der Waals surface area contributed by atoms with Crippen LogP contribution in [-0.4, -0.2) is 17.0 Å². The van der Waals surface area contributed by atoms with Gasteiger partial charge >= 0.3 is 0 Å². The molecule has 0 bridgehead atoms. The fourth-order valence-electron chi connectivity index (χ4n) is 2.55. The summed E-state index contributed by atoms with van der Waals surface area (Å²) >= 11 is 0. The minimum atomic E-state index is -0.487. The molecule has 3 N–H and O–H groups in total. The highest BCUT2D eigenvalue weighted by Gasteiger charge is 2.22. The van der Waals surface area contributed by atoms with E-state index >= 15 is 0 Å². The second-order valence-corrected chi connectivity index (χ2v) is 5.67. The molecule has 2 heterocycles. The van der Waals surface area contributed by atoms with Gasteiger partial charge in [0.05, 0.1) is 6.10 Å². The summed E-state index contributed by atoms with van der Waals surface area (Å²) in [6, 6.07) is 9.48. The van der Waals surface area contributed by atoms with Crippen LogP contribution in [0.25, 0.3) is 6.08 Å². The van der Waals surface area contributed by atoms with Gasteiger partial charge in [0.2, 0.25) is 0 Å². The van der Waals surface area contributed by atoms with E-state index in [1.54, 1.807) is 6.07 Å². The van der Waals surface area contributed by atoms with Gasteiger partial charge in [0.1, 0.15) is 17.3 Å². The number of H-pyrrole nitrogens is 1. The maximum atomic E-state index is 11.4. The van der Waals surface area contributed by atoms with Gasteiger partial charge in [-0.3, -0.25) is 9.69 Å². The normalized spacial score (nSPS) is 13.3. The van der Waals surface area contributed by atoms with Crippen LogP contribution in [-0.2, 0) is 0 Å². The predicted molar refractivity (Wildman–Crippen MR) is 91.8 cm³/mol. The molecule has 0 atom stereocenters. The Labute approximate surface area is 135 Å². The van der Waals surface area contributed by atoms with Gasteiger partial charge in [-0.15, -0.1) is 0 Å². The van der Waals surface area contributed by atoms with Crippen molar-refractivity contribution in [3.63, 3.8) is 0 Å². The van der Waals surface area contributed by atoms with Crippen molar-refractivity contribution in [1.82, 2.24) is 4.98 Å². The van der Waals surface area contributed by atoms with Gasteiger partial charge in [0, 0.05) is 16.9 Å². The second kappa shape index (κ2) is 5.68. The first kappa shape index (κ1) is 15.0. The van der Waals surface area contributed by atoms with Gasteiger partial charge in [0.15, 0.2) is 0 Å². The predicted octanol–water partition coefficient (Wildman–Crippen LogP) is 3.58. The van der Waals surface area contributed by atoms with E-state index in [1.165, 1.54) is 0 Å². The number of fused-ring (bicyclic) bond motifs is 1. The van der Waals surface area contributed by atoms with E-state index < -0.39 is 5.91 Å². The molecular formula is C18H19N3O2. The average molecular weight is 309 g/mol. The van der Waals surface area contributed by atoms with Crippen molar-refractivity contribution in [3.8, 4) is 5.75 Å². The molecule has 0 saturated heterocycles. The van der Waals surface area contributed by atoms with Crippen LogP contribution in [0, 0.1) is 0 Å². The molecule has 0 spiro atoms. The van der Waals surface area contributed by atoms with Gasteiger partial charge in [0.25, 0.3) is 5.91 Å². The van der Waals surface area contributed by atoms with Crippen LogP contribution >= 0.6 is 0 Å².